The van der Waals surface area contributed by atoms with Gasteiger partial charge in [0.25, 0.3) is 5.91 Å². The monoisotopic (exact) mass is 613 g/mol. The fourth-order valence-corrected chi connectivity index (χ4v) is 6.44. The topological polar surface area (TPSA) is 102 Å². The second-order valence-corrected chi connectivity index (χ2v) is 11.8. The summed E-state index contributed by atoms with van der Waals surface area (Å²) in [5.41, 5.74) is 3.65. The molecule has 220 valence electrons. The number of hydrogen-bond acceptors (Lipinski definition) is 9. The van der Waals surface area contributed by atoms with Crippen LogP contribution in [0.15, 0.2) is 94.5 Å². The number of aryl methyl sites for hydroxylation is 1. The van der Waals surface area contributed by atoms with Gasteiger partial charge in [0.2, 0.25) is 5.13 Å². The van der Waals surface area contributed by atoms with E-state index >= 15 is 0 Å². The van der Waals surface area contributed by atoms with Crippen LogP contribution in [0.1, 0.15) is 42.1 Å². The minimum absolute atomic E-state index is 0.0483. The number of aromatic nitrogens is 2. The number of aliphatic hydroxyl groups is 1. The fourth-order valence-electron chi connectivity index (χ4n) is 4.62. The Balaban J connectivity index is 1.51. The number of nitrogens with zero attached hydrogens (tertiary/aromatic N) is 3. The maximum absolute atomic E-state index is 13.6. The van der Waals surface area contributed by atoms with E-state index in [1.165, 1.54) is 39.6 Å². The molecule has 3 aromatic carbocycles. The van der Waals surface area contributed by atoms with E-state index in [4.69, 9.17) is 9.47 Å². The smallest absolute Gasteiger partial charge is 0.296 e. The van der Waals surface area contributed by atoms with Crippen molar-refractivity contribution in [1.82, 2.24) is 10.2 Å². The van der Waals surface area contributed by atoms with E-state index in [0.29, 0.717) is 40.4 Å². The Labute approximate surface area is 258 Å². The van der Waals surface area contributed by atoms with Crippen molar-refractivity contribution in [3.8, 4) is 11.5 Å². The molecule has 0 fully saturated rings. The van der Waals surface area contributed by atoms with Crippen molar-refractivity contribution in [3.63, 3.8) is 0 Å². The van der Waals surface area contributed by atoms with Gasteiger partial charge in [-0.2, -0.15) is 0 Å². The van der Waals surface area contributed by atoms with Gasteiger partial charge in [-0.25, -0.2) is 0 Å². The molecule has 1 aliphatic rings. The molecule has 1 atom stereocenters. The molecule has 1 amide bonds. The third-order valence-electron chi connectivity index (χ3n) is 6.67. The van der Waals surface area contributed by atoms with Crippen LogP contribution in [0.5, 0.6) is 11.5 Å². The van der Waals surface area contributed by atoms with Gasteiger partial charge >= 0.3 is 0 Å². The predicted octanol–water partition coefficient (Wildman–Crippen LogP) is 7.12. The molecule has 0 aliphatic carbocycles. The maximum atomic E-state index is 13.6. The molecule has 0 saturated carbocycles. The molecule has 2 heterocycles. The Morgan fingerprint density at radius 1 is 1.00 bits per heavy atom. The highest BCUT2D eigenvalue weighted by Crippen LogP contribution is 2.45. The van der Waals surface area contributed by atoms with E-state index in [0.717, 1.165) is 11.1 Å². The van der Waals surface area contributed by atoms with E-state index < -0.39 is 23.5 Å². The van der Waals surface area contributed by atoms with Gasteiger partial charge in [0.05, 0.1) is 24.8 Å². The van der Waals surface area contributed by atoms with Gasteiger partial charge in [0.1, 0.15) is 0 Å². The Morgan fingerprint density at radius 2 is 1.72 bits per heavy atom. The first-order chi connectivity index (χ1) is 20.9. The number of benzene rings is 3. The summed E-state index contributed by atoms with van der Waals surface area (Å²) in [5.74, 6) is -0.144. The van der Waals surface area contributed by atoms with Crippen LogP contribution in [0.25, 0.3) is 6.08 Å². The second-order valence-electron chi connectivity index (χ2n) is 9.65. The molecule has 0 spiro atoms. The molecule has 4 aromatic rings. The quantitative estimate of drug-likeness (QED) is 0.102. The van der Waals surface area contributed by atoms with Crippen molar-refractivity contribution in [2.24, 2.45) is 0 Å². The molecule has 5 rings (SSSR count). The van der Waals surface area contributed by atoms with Crippen molar-refractivity contribution < 1.29 is 24.2 Å². The van der Waals surface area contributed by atoms with Gasteiger partial charge in [-0.05, 0) is 55.7 Å². The number of carbonyl (C=O) groups excluding carboxylic acids is 2. The van der Waals surface area contributed by atoms with Crippen molar-refractivity contribution in [2.75, 3.05) is 18.1 Å². The summed E-state index contributed by atoms with van der Waals surface area (Å²) in [4.78, 5) is 28.6. The van der Waals surface area contributed by atoms with Crippen LogP contribution >= 0.6 is 23.1 Å². The van der Waals surface area contributed by atoms with Crippen molar-refractivity contribution in [1.29, 1.82) is 0 Å². The average Bonchev–Trinajstić information content (AvgIpc) is 3.59. The van der Waals surface area contributed by atoms with Crippen LogP contribution < -0.4 is 14.4 Å². The number of aliphatic hydroxyl groups excluding tert-OH is 1. The molecular formula is C33H31N3O5S2. The lowest BCUT2D eigenvalue weighted by Crippen LogP contribution is -2.31. The first-order valence-corrected chi connectivity index (χ1v) is 15.6. The number of hydrogen-bond donors (Lipinski definition) is 1. The van der Waals surface area contributed by atoms with Gasteiger partial charge in [-0.15, -0.1) is 10.2 Å². The summed E-state index contributed by atoms with van der Waals surface area (Å²) < 4.78 is 12.2. The number of thioether (sulfide) groups is 1. The molecule has 0 saturated heterocycles. The average molecular weight is 614 g/mol. The van der Waals surface area contributed by atoms with E-state index in [1.54, 1.807) is 24.3 Å². The van der Waals surface area contributed by atoms with E-state index in [-0.39, 0.29) is 10.7 Å². The van der Waals surface area contributed by atoms with Crippen LogP contribution in [0.2, 0.25) is 0 Å². The van der Waals surface area contributed by atoms with Crippen LogP contribution in [0.4, 0.5) is 5.13 Å². The summed E-state index contributed by atoms with van der Waals surface area (Å²) >= 11 is 2.73. The second kappa shape index (κ2) is 13.7. The molecule has 8 nitrogen and oxygen atoms in total. The van der Waals surface area contributed by atoms with Gasteiger partial charge in [0, 0.05) is 5.75 Å². The first kappa shape index (κ1) is 30.1. The normalized spacial score (nSPS) is 15.0. The minimum Gasteiger partial charge on any atom is -0.503 e. The number of ketones is 1. The molecular weight excluding hydrogens is 583 g/mol. The zero-order valence-electron chi connectivity index (χ0n) is 24.0. The SMILES string of the molecule is CCOc1ccc(C2C(C(=O)C=Cc3ccccc3)=C(O)C(=O)N2c2nnc(SCc3ccc(C)cc3)s2)cc1OCC. The van der Waals surface area contributed by atoms with Gasteiger partial charge in [-0.3, -0.25) is 14.5 Å². The molecule has 43 heavy (non-hydrogen) atoms. The Hall–Kier alpha value is -4.41. The minimum atomic E-state index is -0.960. The molecule has 1 aliphatic heterocycles. The number of amides is 1. The number of anilines is 1. The zero-order valence-corrected chi connectivity index (χ0v) is 25.7. The lowest BCUT2D eigenvalue weighted by atomic mass is 9.95. The first-order valence-electron chi connectivity index (χ1n) is 13.8. The zero-order chi connectivity index (χ0) is 30.3. The highest BCUT2D eigenvalue weighted by molar-refractivity contribution is 8.00. The fraction of sp³-hybridized carbons (Fsp3) is 0.212. The highest BCUT2D eigenvalue weighted by Gasteiger charge is 2.45. The lowest BCUT2D eigenvalue weighted by Gasteiger charge is -2.24. The largest absolute Gasteiger partial charge is 0.503 e. The van der Waals surface area contributed by atoms with E-state index in [2.05, 4.69) is 34.5 Å². The van der Waals surface area contributed by atoms with Gasteiger partial charge in [-0.1, -0.05) is 95.4 Å². The van der Waals surface area contributed by atoms with Crippen LogP contribution in [-0.4, -0.2) is 40.2 Å². The lowest BCUT2D eigenvalue weighted by molar-refractivity contribution is -0.117. The van der Waals surface area contributed by atoms with Crippen LogP contribution in [-0.2, 0) is 15.3 Å². The summed E-state index contributed by atoms with van der Waals surface area (Å²) in [7, 11) is 0. The Morgan fingerprint density at radius 3 is 2.44 bits per heavy atom. The number of ether oxygens (including phenoxy) is 2. The maximum Gasteiger partial charge on any atom is 0.296 e. The molecule has 10 heteroatoms. The Kier molecular flexibility index (Phi) is 9.58. The van der Waals surface area contributed by atoms with Crippen molar-refractivity contribution >= 4 is 46.0 Å². The number of rotatable bonds is 12. The van der Waals surface area contributed by atoms with E-state index in [1.807, 2.05) is 51.1 Å². The number of allylic oxidation sites excluding steroid dienone is 1. The third kappa shape index (κ3) is 6.81. The summed E-state index contributed by atoms with van der Waals surface area (Å²) in [6, 6.07) is 21.9. The molecule has 0 bridgehead atoms. The highest BCUT2D eigenvalue weighted by atomic mass is 32.2. The van der Waals surface area contributed by atoms with Crippen LogP contribution in [0, 0.1) is 6.92 Å². The van der Waals surface area contributed by atoms with Gasteiger partial charge in [0.15, 0.2) is 27.4 Å². The summed E-state index contributed by atoms with van der Waals surface area (Å²) in [5, 5.41) is 20.0. The van der Waals surface area contributed by atoms with Gasteiger partial charge < -0.3 is 14.6 Å². The summed E-state index contributed by atoms with van der Waals surface area (Å²) in [6.45, 7) is 6.61. The molecule has 1 unspecified atom stereocenters. The predicted molar refractivity (Wildman–Crippen MR) is 170 cm³/mol. The van der Waals surface area contributed by atoms with Crippen molar-refractivity contribution in [2.45, 2.75) is 36.9 Å². The summed E-state index contributed by atoms with van der Waals surface area (Å²) in [6.07, 6.45) is 3.02. The number of carbonyl (C=O) groups is 2. The molecule has 1 N–H and O–H groups in total. The van der Waals surface area contributed by atoms with Crippen molar-refractivity contribution in [3.05, 3.63) is 112 Å². The third-order valence-corrected chi connectivity index (χ3v) is 8.80. The standard InChI is InChI=1S/C33H31N3O5S2/c1-4-40-26-18-16-24(19-27(26)41-5-2)29-28(25(37)17-15-22-9-7-6-8-10-22)30(38)31(39)36(29)32-34-35-33(43-32)42-20-23-13-11-21(3)12-14-23/h6-19,29,38H,4-5,20H2,1-3H3. The molecule has 1 aromatic heterocycles. The van der Waals surface area contributed by atoms with E-state index in [9.17, 15) is 14.7 Å². The molecule has 0 radical (unpaired) electrons. The Bertz CT molecular complexity index is 1670. The van der Waals surface area contributed by atoms with Crippen LogP contribution in [0.3, 0.4) is 0 Å².